The first-order valence-electron chi connectivity index (χ1n) is 8.24. The molecule has 2 aromatic carbocycles. The van der Waals surface area contributed by atoms with Gasteiger partial charge in [0.1, 0.15) is 5.82 Å². The topological polar surface area (TPSA) is 41.6 Å². The molecule has 1 N–H and O–H groups in total. The van der Waals surface area contributed by atoms with Crippen molar-refractivity contribution in [2.24, 2.45) is 0 Å². The van der Waals surface area contributed by atoms with Crippen LogP contribution in [0.3, 0.4) is 0 Å². The number of hydrogen-bond donors (Lipinski definition) is 1. The molecule has 0 radical (unpaired) electrons. The number of halogens is 2. The maximum Gasteiger partial charge on any atom is 0.257 e. The van der Waals surface area contributed by atoms with Crippen molar-refractivity contribution in [3.8, 4) is 5.75 Å². The Bertz CT molecular complexity index is 680. The molecule has 0 aromatic heterocycles. The van der Waals surface area contributed by atoms with Crippen LogP contribution in [0.4, 0.5) is 14.5 Å². The number of anilines is 1. The van der Waals surface area contributed by atoms with Crippen LogP contribution in [0.25, 0.3) is 0 Å². The summed E-state index contributed by atoms with van der Waals surface area (Å²) in [5.74, 6) is -1.99. The van der Waals surface area contributed by atoms with Gasteiger partial charge in [0.05, 0.1) is 0 Å². The van der Waals surface area contributed by atoms with E-state index in [4.69, 9.17) is 4.74 Å². The van der Waals surface area contributed by atoms with Gasteiger partial charge in [0.25, 0.3) is 5.91 Å². The number of amides is 1. The summed E-state index contributed by atoms with van der Waals surface area (Å²) in [6, 6.07) is 13.0. The van der Waals surface area contributed by atoms with Crippen molar-refractivity contribution in [3.05, 3.63) is 60.2 Å². The minimum atomic E-state index is -0.825. The van der Waals surface area contributed by atoms with Gasteiger partial charge in [-0.2, -0.15) is 0 Å². The van der Waals surface area contributed by atoms with Crippen molar-refractivity contribution in [1.82, 2.24) is 5.32 Å². The third kappa shape index (κ3) is 6.06. The zero-order chi connectivity index (χ0) is 18.1. The minimum absolute atomic E-state index is 0.141. The van der Waals surface area contributed by atoms with E-state index in [9.17, 15) is 13.6 Å². The summed E-state index contributed by atoms with van der Waals surface area (Å²) >= 11 is 0. The first-order chi connectivity index (χ1) is 12.1. The van der Waals surface area contributed by atoms with Crippen molar-refractivity contribution in [2.75, 3.05) is 31.1 Å². The van der Waals surface area contributed by atoms with E-state index in [1.54, 1.807) is 0 Å². The summed E-state index contributed by atoms with van der Waals surface area (Å²) in [4.78, 5) is 14.0. The highest BCUT2D eigenvalue weighted by atomic mass is 19.1. The van der Waals surface area contributed by atoms with Crippen molar-refractivity contribution < 1.29 is 18.3 Å². The molecule has 0 saturated heterocycles. The summed E-state index contributed by atoms with van der Waals surface area (Å²) in [6.07, 6.45) is 0.777. The highest BCUT2D eigenvalue weighted by Crippen LogP contribution is 2.17. The van der Waals surface area contributed by atoms with Gasteiger partial charge in [-0.3, -0.25) is 4.79 Å². The smallest absolute Gasteiger partial charge is 0.257 e. The minimum Gasteiger partial charge on any atom is -0.481 e. The lowest BCUT2D eigenvalue weighted by Gasteiger charge is -2.23. The van der Waals surface area contributed by atoms with Crippen LogP contribution in [-0.4, -0.2) is 32.1 Å². The van der Waals surface area contributed by atoms with E-state index in [-0.39, 0.29) is 18.3 Å². The molecule has 25 heavy (non-hydrogen) atoms. The van der Waals surface area contributed by atoms with Crippen molar-refractivity contribution in [3.63, 3.8) is 0 Å². The Kier molecular flexibility index (Phi) is 7.19. The van der Waals surface area contributed by atoms with Gasteiger partial charge in [0.2, 0.25) is 0 Å². The van der Waals surface area contributed by atoms with Crippen LogP contribution in [0.2, 0.25) is 0 Å². The van der Waals surface area contributed by atoms with E-state index < -0.39 is 11.6 Å². The number of rotatable bonds is 9. The lowest BCUT2D eigenvalue weighted by molar-refractivity contribution is -0.123. The zero-order valence-corrected chi connectivity index (χ0v) is 14.2. The molecule has 0 saturated carbocycles. The number of carbonyl (C=O) groups excluding carboxylic acids is 1. The third-order valence-corrected chi connectivity index (χ3v) is 3.68. The Balaban J connectivity index is 1.68. The predicted octanol–water partition coefficient (Wildman–Crippen LogP) is 3.38. The largest absolute Gasteiger partial charge is 0.481 e. The molecular formula is C19H22F2N2O2. The van der Waals surface area contributed by atoms with E-state index in [0.717, 1.165) is 43.4 Å². The second-order valence-corrected chi connectivity index (χ2v) is 5.48. The summed E-state index contributed by atoms with van der Waals surface area (Å²) in [6.45, 7) is 3.96. The average Bonchev–Trinajstić information content (AvgIpc) is 2.62. The van der Waals surface area contributed by atoms with Gasteiger partial charge in [0, 0.05) is 31.4 Å². The van der Waals surface area contributed by atoms with Crippen LogP contribution < -0.4 is 15.0 Å². The summed E-state index contributed by atoms with van der Waals surface area (Å²) in [5.41, 5.74) is 1.14. The molecule has 4 nitrogen and oxygen atoms in total. The SMILES string of the molecule is CCN(CCCNC(=O)COc1ccc(F)cc1F)c1ccccc1. The zero-order valence-electron chi connectivity index (χ0n) is 14.2. The van der Waals surface area contributed by atoms with Gasteiger partial charge in [-0.25, -0.2) is 8.78 Å². The average molecular weight is 348 g/mol. The maximum absolute atomic E-state index is 13.4. The molecule has 0 aliphatic rings. The molecule has 0 fully saturated rings. The van der Waals surface area contributed by atoms with Crippen molar-refractivity contribution in [1.29, 1.82) is 0 Å². The van der Waals surface area contributed by atoms with E-state index in [0.29, 0.717) is 6.54 Å². The van der Waals surface area contributed by atoms with E-state index >= 15 is 0 Å². The Hall–Kier alpha value is -2.63. The fourth-order valence-electron chi connectivity index (χ4n) is 2.39. The standard InChI is InChI=1S/C19H22F2N2O2/c1-2-23(16-7-4-3-5-8-16)12-6-11-22-19(24)14-25-18-10-9-15(20)13-17(18)21/h3-5,7-10,13H,2,6,11-12,14H2,1H3,(H,22,24). The maximum atomic E-state index is 13.4. The first kappa shape index (κ1) is 18.7. The molecule has 0 heterocycles. The van der Waals surface area contributed by atoms with E-state index in [1.165, 1.54) is 0 Å². The van der Waals surface area contributed by atoms with Crippen LogP contribution in [0.5, 0.6) is 5.75 Å². The van der Waals surface area contributed by atoms with Crippen LogP contribution in [0.1, 0.15) is 13.3 Å². The van der Waals surface area contributed by atoms with Crippen molar-refractivity contribution in [2.45, 2.75) is 13.3 Å². The highest BCUT2D eigenvalue weighted by Gasteiger charge is 2.08. The normalized spacial score (nSPS) is 10.4. The quantitative estimate of drug-likeness (QED) is 0.707. The molecule has 2 aromatic rings. The first-order valence-corrected chi connectivity index (χ1v) is 8.24. The molecule has 0 unspecified atom stereocenters. The molecule has 2 rings (SSSR count). The Labute approximate surface area is 146 Å². The van der Waals surface area contributed by atoms with Crippen LogP contribution >= 0.6 is 0 Å². The molecule has 134 valence electrons. The number of nitrogens with zero attached hydrogens (tertiary/aromatic N) is 1. The number of carbonyl (C=O) groups is 1. The van der Waals surface area contributed by atoms with Crippen LogP contribution in [-0.2, 0) is 4.79 Å². The molecule has 0 spiro atoms. The Morgan fingerprint density at radius 2 is 1.92 bits per heavy atom. The second-order valence-electron chi connectivity index (χ2n) is 5.48. The lowest BCUT2D eigenvalue weighted by atomic mass is 10.2. The highest BCUT2D eigenvalue weighted by molar-refractivity contribution is 5.77. The Morgan fingerprint density at radius 3 is 2.60 bits per heavy atom. The molecule has 6 heteroatoms. The third-order valence-electron chi connectivity index (χ3n) is 3.68. The Morgan fingerprint density at radius 1 is 1.16 bits per heavy atom. The summed E-state index contributed by atoms with van der Waals surface area (Å²) in [5, 5.41) is 2.73. The number of para-hydroxylation sites is 1. The lowest BCUT2D eigenvalue weighted by Crippen LogP contribution is -2.32. The molecule has 0 aliphatic carbocycles. The van der Waals surface area contributed by atoms with Gasteiger partial charge in [-0.05, 0) is 37.6 Å². The summed E-state index contributed by atoms with van der Waals surface area (Å²) in [7, 11) is 0. The van der Waals surface area contributed by atoms with Crippen molar-refractivity contribution >= 4 is 11.6 Å². The van der Waals surface area contributed by atoms with Crippen LogP contribution in [0, 0.1) is 11.6 Å². The molecule has 1 amide bonds. The predicted molar refractivity (Wildman–Crippen MR) is 93.8 cm³/mol. The monoisotopic (exact) mass is 348 g/mol. The fraction of sp³-hybridized carbons (Fsp3) is 0.316. The van der Waals surface area contributed by atoms with Gasteiger partial charge >= 0.3 is 0 Å². The van der Waals surface area contributed by atoms with E-state index in [2.05, 4.69) is 17.1 Å². The van der Waals surface area contributed by atoms with E-state index in [1.807, 2.05) is 30.3 Å². The molecule has 0 bridgehead atoms. The molecular weight excluding hydrogens is 326 g/mol. The number of ether oxygens (including phenoxy) is 1. The second kappa shape index (κ2) is 9.61. The molecule has 0 atom stereocenters. The van der Waals surface area contributed by atoms with Gasteiger partial charge in [0.15, 0.2) is 18.2 Å². The van der Waals surface area contributed by atoms with Gasteiger partial charge in [-0.1, -0.05) is 18.2 Å². The number of benzene rings is 2. The number of hydrogen-bond acceptors (Lipinski definition) is 3. The number of nitrogens with one attached hydrogen (secondary N) is 1. The fourth-order valence-corrected chi connectivity index (χ4v) is 2.39. The summed E-state index contributed by atoms with van der Waals surface area (Å²) < 4.78 is 31.2. The van der Waals surface area contributed by atoms with Gasteiger partial charge < -0.3 is 15.0 Å². The van der Waals surface area contributed by atoms with Gasteiger partial charge in [-0.15, -0.1) is 0 Å². The molecule has 0 aliphatic heterocycles. The van der Waals surface area contributed by atoms with Crippen LogP contribution in [0.15, 0.2) is 48.5 Å².